The van der Waals surface area contributed by atoms with E-state index in [1.54, 1.807) is 13.2 Å². The Labute approximate surface area is 105 Å². The summed E-state index contributed by atoms with van der Waals surface area (Å²) in [6, 6.07) is 5.52. The van der Waals surface area contributed by atoms with Crippen LogP contribution in [0.3, 0.4) is 0 Å². The molecule has 0 aliphatic heterocycles. The second-order valence-electron chi connectivity index (χ2n) is 5.77. The van der Waals surface area contributed by atoms with Gasteiger partial charge in [-0.05, 0) is 30.3 Å². The van der Waals surface area contributed by atoms with Crippen LogP contribution in [-0.2, 0) is 0 Å². The lowest BCUT2D eigenvalue weighted by atomic mass is 10.2. The first-order valence-electron chi connectivity index (χ1n) is 5.80. The van der Waals surface area contributed by atoms with Gasteiger partial charge in [0.05, 0.1) is 7.11 Å². The molecule has 2 N–H and O–H groups in total. The van der Waals surface area contributed by atoms with Crippen LogP contribution in [0.5, 0.6) is 11.5 Å². The van der Waals surface area contributed by atoms with E-state index in [9.17, 15) is 0 Å². The van der Waals surface area contributed by atoms with E-state index < -0.39 is 8.32 Å². The molecule has 96 valence electrons. The highest BCUT2D eigenvalue weighted by atomic mass is 28.4. The monoisotopic (exact) mass is 253 g/mol. The molecule has 17 heavy (non-hydrogen) atoms. The summed E-state index contributed by atoms with van der Waals surface area (Å²) in [5, 5.41) is 0.166. The van der Waals surface area contributed by atoms with E-state index in [-0.39, 0.29) is 5.04 Å². The summed E-state index contributed by atoms with van der Waals surface area (Å²) in [7, 11) is -0.199. The molecular formula is C13H23NO2Si. The maximum atomic E-state index is 6.20. The Balaban J connectivity index is 3.03. The molecule has 0 spiro atoms. The van der Waals surface area contributed by atoms with E-state index in [1.807, 2.05) is 12.1 Å². The SMILES string of the molecule is COc1cc(N)ccc1O[Si](C)(C)C(C)(C)C. The molecule has 0 aromatic heterocycles. The standard InChI is InChI=1S/C13H23NO2Si/c1-13(2,3)17(5,6)16-11-8-7-10(14)9-12(11)15-4/h7-9H,14H2,1-6H3. The molecule has 3 nitrogen and oxygen atoms in total. The van der Waals surface area contributed by atoms with Crippen molar-refractivity contribution in [2.45, 2.75) is 38.9 Å². The van der Waals surface area contributed by atoms with Crippen molar-refractivity contribution in [3.8, 4) is 11.5 Å². The summed E-state index contributed by atoms with van der Waals surface area (Å²) in [4.78, 5) is 0. The zero-order chi connectivity index (χ0) is 13.3. The minimum Gasteiger partial charge on any atom is -0.541 e. The van der Waals surface area contributed by atoms with Gasteiger partial charge in [-0.1, -0.05) is 20.8 Å². The molecule has 0 aliphatic carbocycles. The number of hydrogen-bond acceptors (Lipinski definition) is 3. The van der Waals surface area contributed by atoms with E-state index >= 15 is 0 Å². The Kier molecular flexibility index (Phi) is 3.77. The van der Waals surface area contributed by atoms with Crippen molar-refractivity contribution in [3.63, 3.8) is 0 Å². The van der Waals surface area contributed by atoms with Crippen LogP contribution in [0.2, 0.25) is 18.1 Å². The Morgan fingerprint density at radius 3 is 2.18 bits per heavy atom. The van der Waals surface area contributed by atoms with E-state index in [4.69, 9.17) is 14.9 Å². The van der Waals surface area contributed by atoms with Crippen molar-refractivity contribution in [2.75, 3.05) is 12.8 Å². The number of methoxy groups -OCH3 is 1. The average Bonchev–Trinajstić information content (AvgIpc) is 2.18. The predicted molar refractivity (Wildman–Crippen MR) is 75.2 cm³/mol. The van der Waals surface area contributed by atoms with Gasteiger partial charge in [-0.15, -0.1) is 0 Å². The van der Waals surface area contributed by atoms with Crippen molar-refractivity contribution in [1.29, 1.82) is 0 Å². The third kappa shape index (κ3) is 3.16. The van der Waals surface area contributed by atoms with Gasteiger partial charge in [0.15, 0.2) is 5.75 Å². The van der Waals surface area contributed by atoms with Crippen molar-refractivity contribution < 1.29 is 9.16 Å². The molecular weight excluding hydrogens is 230 g/mol. The molecule has 0 aliphatic rings. The fourth-order valence-corrected chi connectivity index (χ4v) is 2.22. The molecule has 0 bridgehead atoms. The van der Waals surface area contributed by atoms with Gasteiger partial charge in [0, 0.05) is 11.8 Å². The molecule has 0 amide bonds. The van der Waals surface area contributed by atoms with Crippen molar-refractivity contribution in [2.24, 2.45) is 0 Å². The maximum absolute atomic E-state index is 6.20. The fourth-order valence-electron chi connectivity index (χ4n) is 1.20. The number of ether oxygens (including phenoxy) is 1. The van der Waals surface area contributed by atoms with Gasteiger partial charge in [-0.25, -0.2) is 0 Å². The Bertz CT molecular complexity index is 397. The zero-order valence-corrected chi connectivity index (χ0v) is 12.6. The van der Waals surface area contributed by atoms with Crippen LogP contribution >= 0.6 is 0 Å². The maximum Gasteiger partial charge on any atom is 0.250 e. The number of rotatable bonds is 3. The van der Waals surface area contributed by atoms with Crippen molar-refractivity contribution >= 4 is 14.0 Å². The Hall–Kier alpha value is -1.16. The average molecular weight is 253 g/mol. The minimum atomic E-state index is -1.83. The molecule has 0 heterocycles. The number of nitrogens with two attached hydrogens (primary N) is 1. The Morgan fingerprint density at radius 2 is 1.71 bits per heavy atom. The number of hydrogen-bond donors (Lipinski definition) is 1. The van der Waals surface area contributed by atoms with Crippen molar-refractivity contribution in [1.82, 2.24) is 0 Å². The molecule has 0 unspecified atom stereocenters. The van der Waals surface area contributed by atoms with Gasteiger partial charge in [0.1, 0.15) is 5.75 Å². The number of nitrogen functional groups attached to an aromatic ring is 1. The fraction of sp³-hybridized carbons (Fsp3) is 0.538. The summed E-state index contributed by atoms with van der Waals surface area (Å²) in [5.74, 6) is 1.49. The summed E-state index contributed by atoms with van der Waals surface area (Å²) in [5.41, 5.74) is 6.41. The first-order chi connectivity index (χ1) is 7.67. The zero-order valence-electron chi connectivity index (χ0n) is 11.6. The second kappa shape index (κ2) is 4.60. The second-order valence-corrected chi connectivity index (χ2v) is 10.5. The lowest BCUT2D eigenvalue weighted by Gasteiger charge is -2.36. The van der Waals surface area contributed by atoms with E-state index in [0.29, 0.717) is 11.4 Å². The summed E-state index contributed by atoms with van der Waals surface area (Å²) in [6.07, 6.45) is 0. The Morgan fingerprint density at radius 1 is 1.12 bits per heavy atom. The van der Waals surface area contributed by atoms with E-state index in [1.165, 1.54) is 0 Å². The molecule has 0 fully saturated rings. The molecule has 0 saturated carbocycles. The number of anilines is 1. The molecule has 0 radical (unpaired) electrons. The van der Waals surface area contributed by atoms with Crippen LogP contribution in [-0.4, -0.2) is 15.4 Å². The largest absolute Gasteiger partial charge is 0.541 e. The van der Waals surface area contributed by atoms with Crippen LogP contribution in [0.1, 0.15) is 20.8 Å². The quantitative estimate of drug-likeness (QED) is 0.660. The van der Waals surface area contributed by atoms with Gasteiger partial charge in [-0.3, -0.25) is 0 Å². The molecule has 0 saturated heterocycles. The van der Waals surface area contributed by atoms with E-state index in [0.717, 1.165) is 5.75 Å². The van der Waals surface area contributed by atoms with Crippen molar-refractivity contribution in [3.05, 3.63) is 18.2 Å². The summed E-state index contributed by atoms with van der Waals surface area (Å²) in [6.45, 7) is 11.1. The molecule has 0 atom stereocenters. The lowest BCUT2D eigenvalue weighted by molar-refractivity contribution is 0.386. The normalized spacial score (nSPS) is 12.4. The van der Waals surface area contributed by atoms with Crippen LogP contribution < -0.4 is 14.9 Å². The summed E-state index contributed by atoms with van der Waals surface area (Å²) < 4.78 is 11.5. The first-order valence-corrected chi connectivity index (χ1v) is 8.71. The lowest BCUT2D eigenvalue weighted by Crippen LogP contribution is -2.43. The van der Waals surface area contributed by atoms with Crippen LogP contribution in [0.15, 0.2) is 18.2 Å². The molecule has 1 aromatic carbocycles. The highest BCUT2D eigenvalue weighted by Gasteiger charge is 2.39. The van der Waals surface area contributed by atoms with E-state index in [2.05, 4.69) is 33.9 Å². The van der Waals surface area contributed by atoms with Gasteiger partial charge in [0.25, 0.3) is 8.32 Å². The molecule has 1 rings (SSSR count). The van der Waals surface area contributed by atoms with Gasteiger partial charge >= 0.3 is 0 Å². The molecule has 1 aromatic rings. The third-order valence-electron chi connectivity index (χ3n) is 3.36. The number of benzene rings is 1. The smallest absolute Gasteiger partial charge is 0.250 e. The first kappa shape index (κ1) is 13.9. The summed E-state index contributed by atoms with van der Waals surface area (Å²) >= 11 is 0. The topological polar surface area (TPSA) is 44.5 Å². The highest BCUT2D eigenvalue weighted by molar-refractivity contribution is 6.74. The predicted octanol–water partition coefficient (Wildman–Crippen LogP) is 3.66. The van der Waals surface area contributed by atoms with Gasteiger partial charge < -0.3 is 14.9 Å². The van der Waals surface area contributed by atoms with Gasteiger partial charge in [-0.2, -0.15) is 0 Å². The van der Waals surface area contributed by atoms with Gasteiger partial charge in [0.2, 0.25) is 0 Å². The third-order valence-corrected chi connectivity index (χ3v) is 7.70. The van der Waals surface area contributed by atoms with Crippen LogP contribution in [0, 0.1) is 0 Å². The van der Waals surface area contributed by atoms with Crippen LogP contribution in [0.4, 0.5) is 5.69 Å². The minimum absolute atomic E-state index is 0.166. The highest BCUT2D eigenvalue weighted by Crippen LogP contribution is 2.40. The van der Waals surface area contributed by atoms with Crippen LogP contribution in [0.25, 0.3) is 0 Å². The molecule has 4 heteroatoms.